The molecule has 2 saturated heterocycles. The Balaban J connectivity index is 1.76. The summed E-state index contributed by atoms with van der Waals surface area (Å²) in [5.41, 5.74) is 1.56. The first-order valence-electron chi connectivity index (χ1n) is 6.65. The third-order valence-electron chi connectivity index (χ3n) is 3.71. The normalized spacial score (nSPS) is 23.7. The molecular weight excluding hydrogens is 252 g/mol. The van der Waals surface area contributed by atoms with E-state index in [9.17, 15) is 4.79 Å². The predicted molar refractivity (Wildman–Crippen MR) is 71.6 cm³/mol. The average molecular weight is 273 g/mol. The Bertz CT molecular complexity index is 295. The lowest BCUT2D eigenvalue weighted by atomic mass is 9.95. The summed E-state index contributed by atoms with van der Waals surface area (Å²) >= 11 is 5.52. The molecule has 0 aliphatic carbocycles. The number of rotatable bonds is 3. The summed E-state index contributed by atoms with van der Waals surface area (Å²) in [6, 6.07) is 0. The molecule has 0 aromatic heterocycles. The van der Waals surface area contributed by atoms with Gasteiger partial charge >= 0.3 is 0 Å². The summed E-state index contributed by atoms with van der Waals surface area (Å²) in [6.45, 7) is 5.75. The smallest absolute Gasteiger partial charge is 0.225 e. The standard InChI is InChI=1S/C13H21ClN2O2/c14-4-1-5-15-6-2-12(3-7-15)13(17)16-8-10-18-11-9-16/h1,4,12H,2-3,5-11H2/b4-1+. The summed E-state index contributed by atoms with van der Waals surface area (Å²) < 4.78 is 5.28. The van der Waals surface area contributed by atoms with E-state index in [0.717, 1.165) is 45.6 Å². The summed E-state index contributed by atoms with van der Waals surface area (Å²) in [6.07, 6.45) is 3.88. The number of ether oxygens (including phenoxy) is 1. The van der Waals surface area contributed by atoms with E-state index in [2.05, 4.69) is 4.90 Å². The first-order chi connectivity index (χ1) is 8.81. The number of halogens is 1. The van der Waals surface area contributed by atoms with E-state index in [0.29, 0.717) is 19.1 Å². The number of morpholine rings is 1. The summed E-state index contributed by atoms with van der Waals surface area (Å²) in [5, 5.41) is 0. The molecule has 0 radical (unpaired) electrons. The Morgan fingerprint density at radius 2 is 1.89 bits per heavy atom. The minimum absolute atomic E-state index is 0.208. The van der Waals surface area contributed by atoms with Crippen molar-refractivity contribution in [2.24, 2.45) is 5.92 Å². The van der Waals surface area contributed by atoms with Crippen molar-refractivity contribution < 1.29 is 9.53 Å². The third kappa shape index (κ3) is 3.70. The van der Waals surface area contributed by atoms with E-state index in [1.165, 1.54) is 0 Å². The highest BCUT2D eigenvalue weighted by Crippen LogP contribution is 2.20. The van der Waals surface area contributed by atoms with Crippen molar-refractivity contribution in [3.63, 3.8) is 0 Å². The molecule has 0 bridgehead atoms. The molecule has 2 aliphatic heterocycles. The van der Waals surface area contributed by atoms with E-state index in [4.69, 9.17) is 16.3 Å². The number of carbonyl (C=O) groups excluding carboxylic acids is 1. The van der Waals surface area contributed by atoms with Gasteiger partial charge < -0.3 is 9.64 Å². The first-order valence-corrected chi connectivity index (χ1v) is 7.09. The molecule has 0 aromatic carbocycles. The first kappa shape index (κ1) is 13.8. The van der Waals surface area contributed by atoms with Gasteiger partial charge in [-0.1, -0.05) is 17.7 Å². The number of nitrogens with zero attached hydrogens (tertiary/aromatic N) is 2. The number of hydrogen-bond donors (Lipinski definition) is 0. The molecule has 0 spiro atoms. The second-order valence-electron chi connectivity index (χ2n) is 4.87. The lowest BCUT2D eigenvalue weighted by molar-refractivity contribution is -0.141. The maximum atomic E-state index is 12.3. The zero-order valence-corrected chi connectivity index (χ0v) is 11.4. The summed E-state index contributed by atoms with van der Waals surface area (Å²) in [4.78, 5) is 16.6. The molecule has 102 valence electrons. The van der Waals surface area contributed by atoms with E-state index in [1.54, 1.807) is 5.54 Å². The molecule has 0 saturated carbocycles. The molecule has 2 fully saturated rings. The monoisotopic (exact) mass is 272 g/mol. The van der Waals surface area contributed by atoms with Crippen LogP contribution in [0.25, 0.3) is 0 Å². The SMILES string of the molecule is O=C(C1CCN(C/C=C/Cl)CC1)N1CCOCC1. The largest absolute Gasteiger partial charge is 0.378 e. The highest BCUT2D eigenvalue weighted by molar-refractivity contribution is 6.25. The second kappa shape index (κ2) is 7.12. The highest BCUT2D eigenvalue weighted by atomic mass is 35.5. The Hall–Kier alpha value is -0.580. The lowest BCUT2D eigenvalue weighted by Gasteiger charge is -2.35. The minimum Gasteiger partial charge on any atom is -0.378 e. The molecule has 0 N–H and O–H groups in total. The Morgan fingerprint density at radius 3 is 2.50 bits per heavy atom. The van der Waals surface area contributed by atoms with Gasteiger partial charge in [0.1, 0.15) is 0 Å². The number of hydrogen-bond acceptors (Lipinski definition) is 3. The van der Waals surface area contributed by atoms with Gasteiger partial charge in [-0.15, -0.1) is 0 Å². The minimum atomic E-state index is 0.208. The number of carbonyl (C=O) groups is 1. The van der Waals surface area contributed by atoms with Gasteiger partial charge in [0, 0.05) is 31.1 Å². The van der Waals surface area contributed by atoms with Gasteiger partial charge in [0.2, 0.25) is 5.91 Å². The molecular formula is C13H21ClN2O2. The van der Waals surface area contributed by atoms with E-state index in [-0.39, 0.29) is 5.92 Å². The molecule has 5 heteroatoms. The number of piperidine rings is 1. The Morgan fingerprint density at radius 1 is 1.22 bits per heavy atom. The van der Waals surface area contributed by atoms with Crippen LogP contribution in [0.4, 0.5) is 0 Å². The van der Waals surface area contributed by atoms with Crippen LogP contribution in [-0.2, 0) is 9.53 Å². The molecule has 2 aliphatic rings. The average Bonchev–Trinajstić information content (AvgIpc) is 2.46. The van der Waals surface area contributed by atoms with Gasteiger partial charge in [0.25, 0.3) is 0 Å². The van der Waals surface area contributed by atoms with Crippen LogP contribution in [0.15, 0.2) is 11.6 Å². The van der Waals surface area contributed by atoms with Crippen LogP contribution >= 0.6 is 11.6 Å². The Kier molecular flexibility index (Phi) is 5.47. The highest BCUT2D eigenvalue weighted by Gasteiger charge is 2.28. The van der Waals surface area contributed by atoms with Crippen LogP contribution in [0.5, 0.6) is 0 Å². The van der Waals surface area contributed by atoms with Gasteiger partial charge in [0.15, 0.2) is 0 Å². The van der Waals surface area contributed by atoms with Crippen LogP contribution in [0, 0.1) is 5.92 Å². The molecule has 4 nitrogen and oxygen atoms in total. The topological polar surface area (TPSA) is 32.8 Å². The van der Waals surface area contributed by atoms with Gasteiger partial charge in [-0.25, -0.2) is 0 Å². The van der Waals surface area contributed by atoms with Gasteiger partial charge in [-0.2, -0.15) is 0 Å². The molecule has 1 amide bonds. The van der Waals surface area contributed by atoms with Crippen molar-refractivity contribution in [1.29, 1.82) is 0 Å². The molecule has 0 aromatic rings. The Labute approximate surface area is 114 Å². The van der Waals surface area contributed by atoms with Crippen LogP contribution in [-0.4, -0.2) is 61.6 Å². The lowest BCUT2D eigenvalue weighted by Crippen LogP contribution is -2.46. The van der Waals surface area contributed by atoms with Crippen molar-refractivity contribution in [2.45, 2.75) is 12.8 Å². The zero-order chi connectivity index (χ0) is 12.8. The van der Waals surface area contributed by atoms with Crippen molar-refractivity contribution in [1.82, 2.24) is 9.80 Å². The fourth-order valence-corrected chi connectivity index (χ4v) is 2.67. The molecule has 18 heavy (non-hydrogen) atoms. The fraction of sp³-hybridized carbons (Fsp3) is 0.769. The van der Waals surface area contributed by atoms with Crippen molar-refractivity contribution in [2.75, 3.05) is 45.9 Å². The quantitative estimate of drug-likeness (QED) is 0.777. The number of likely N-dealkylation sites (tertiary alicyclic amines) is 1. The molecule has 2 heterocycles. The zero-order valence-electron chi connectivity index (χ0n) is 10.7. The summed E-state index contributed by atoms with van der Waals surface area (Å²) in [7, 11) is 0. The summed E-state index contributed by atoms with van der Waals surface area (Å²) in [5.74, 6) is 0.533. The van der Waals surface area contributed by atoms with Crippen molar-refractivity contribution in [3.05, 3.63) is 11.6 Å². The van der Waals surface area contributed by atoms with Gasteiger partial charge in [0.05, 0.1) is 13.2 Å². The maximum Gasteiger partial charge on any atom is 0.225 e. The van der Waals surface area contributed by atoms with Crippen LogP contribution in [0.1, 0.15) is 12.8 Å². The number of amides is 1. The molecule has 0 atom stereocenters. The fourth-order valence-electron chi connectivity index (χ4n) is 2.59. The van der Waals surface area contributed by atoms with E-state index < -0.39 is 0 Å². The van der Waals surface area contributed by atoms with Crippen LogP contribution in [0.3, 0.4) is 0 Å². The van der Waals surface area contributed by atoms with Gasteiger partial charge in [-0.3, -0.25) is 9.69 Å². The van der Waals surface area contributed by atoms with Crippen molar-refractivity contribution >= 4 is 17.5 Å². The van der Waals surface area contributed by atoms with Crippen LogP contribution < -0.4 is 0 Å². The van der Waals surface area contributed by atoms with Crippen molar-refractivity contribution in [3.8, 4) is 0 Å². The maximum absolute atomic E-state index is 12.3. The molecule has 0 unspecified atom stereocenters. The predicted octanol–water partition coefficient (Wildman–Crippen LogP) is 1.31. The second-order valence-corrected chi connectivity index (χ2v) is 5.13. The van der Waals surface area contributed by atoms with E-state index >= 15 is 0 Å². The van der Waals surface area contributed by atoms with Crippen LogP contribution in [0.2, 0.25) is 0 Å². The third-order valence-corrected chi connectivity index (χ3v) is 3.89. The van der Waals surface area contributed by atoms with Gasteiger partial charge in [-0.05, 0) is 25.9 Å². The molecule has 2 rings (SSSR count). The van der Waals surface area contributed by atoms with E-state index in [1.807, 2.05) is 11.0 Å².